The van der Waals surface area contributed by atoms with Gasteiger partial charge in [0.25, 0.3) is 5.91 Å². The van der Waals surface area contributed by atoms with E-state index in [1.807, 2.05) is 49.9 Å². The highest BCUT2D eigenvalue weighted by atomic mass is 16.2. The summed E-state index contributed by atoms with van der Waals surface area (Å²) >= 11 is 0. The maximum atomic E-state index is 13.6. The fourth-order valence-corrected chi connectivity index (χ4v) is 5.17. The lowest BCUT2D eigenvalue weighted by molar-refractivity contribution is -0.169. The fraction of sp³-hybridized carbons (Fsp3) is 0.609. The first kappa shape index (κ1) is 19.9. The Morgan fingerprint density at radius 1 is 1.28 bits per heavy atom. The van der Waals surface area contributed by atoms with Gasteiger partial charge in [0.15, 0.2) is 5.82 Å². The minimum atomic E-state index is -0.605. The number of imidazole rings is 1. The summed E-state index contributed by atoms with van der Waals surface area (Å²) in [5.41, 5.74) is 1.44. The minimum Gasteiger partial charge on any atom is -0.338 e. The zero-order valence-corrected chi connectivity index (χ0v) is 18.2. The van der Waals surface area contributed by atoms with Crippen LogP contribution in [0.4, 0.5) is 0 Å². The van der Waals surface area contributed by atoms with Crippen LogP contribution >= 0.6 is 0 Å². The maximum Gasteiger partial charge on any atom is 0.287 e. The molecule has 1 aromatic carbocycles. The first-order chi connectivity index (χ1) is 13.5. The van der Waals surface area contributed by atoms with Gasteiger partial charge in [-0.15, -0.1) is 0 Å². The number of rotatable bonds is 3. The molecule has 29 heavy (non-hydrogen) atoms. The first-order valence-corrected chi connectivity index (χ1v) is 10.6. The van der Waals surface area contributed by atoms with Crippen LogP contribution < -0.4 is 5.32 Å². The van der Waals surface area contributed by atoms with E-state index < -0.39 is 11.5 Å². The van der Waals surface area contributed by atoms with E-state index in [0.29, 0.717) is 17.3 Å². The Kier molecular flexibility index (Phi) is 4.52. The van der Waals surface area contributed by atoms with Gasteiger partial charge in [0, 0.05) is 12.6 Å². The number of fused-ring (bicyclic) bond motifs is 3. The Hall–Kier alpha value is -2.37. The van der Waals surface area contributed by atoms with Crippen LogP contribution in [0.15, 0.2) is 24.3 Å². The molecular weight excluding hydrogens is 364 g/mol. The van der Waals surface area contributed by atoms with E-state index in [4.69, 9.17) is 0 Å². The molecular formula is C23H32N4O2. The number of amides is 2. The van der Waals surface area contributed by atoms with Gasteiger partial charge in [0.1, 0.15) is 6.04 Å². The molecule has 6 nitrogen and oxygen atoms in total. The van der Waals surface area contributed by atoms with Crippen molar-refractivity contribution < 1.29 is 9.59 Å². The van der Waals surface area contributed by atoms with Crippen molar-refractivity contribution >= 4 is 22.8 Å². The molecule has 1 aromatic heterocycles. The quantitative estimate of drug-likeness (QED) is 0.832. The molecule has 1 unspecified atom stereocenters. The van der Waals surface area contributed by atoms with Gasteiger partial charge in [0.2, 0.25) is 5.91 Å². The molecule has 1 saturated carbocycles. The van der Waals surface area contributed by atoms with Gasteiger partial charge in [-0.1, -0.05) is 46.8 Å². The molecule has 3 aliphatic rings. The van der Waals surface area contributed by atoms with Gasteiger partial charge in [-0.25, -0.2) is 4.98 Å². The number of carbonyl (C=O) groups is 2. The van der Waals surface area contributed by atoms with Crippen LogP contribution in [0.25, 0.3) is 11.0 Å². The number of carbonyl (C=O) groups excluding carboxylic acids is 2. The average molecular weight is 397 g/mol. The molecule has 2 saturated heterocycles. The molecule has 1 aliphatic carbocycles. The van der Waals surface area contributed by atoms with Crippen molar-refractivity contribution in [3.63, 3.8) is 0 Å². The fourth-order valence-electron chi connectivity index (χ4n) is 5.17. The standard InChI is InChI=1S/C23H32N4O2/c1-13-15-11-14(23(15,5)6)12-27(13)21(29)18(22(2,3)4)26-20(28)19-24-16-9-7-8-10-17(16)25-19/h7-10,13-15,18H,11-12H2,1-6H3,(H,24,25)(H,26,28)/t13-,14?,15+,18-/m1/s1. The second-order valence-electron chi connectivity index (χ2n) is 10.5. The molecule has 2 aromatic rings. The number of aromatic amines is 1. The van der Waals surface area contributed by atoms with Crippen LogP contribution in [0.3, 0.4) is 0 Å². The van der Waals surface area contributed by atoms with Crippen LogP contribution in [0.2, 0.25) is 0 Å². The van der Waals surface area contributed by atoms with E-state index in [1.165, 1.54) is 6.42 Å². The van der Waals surface area contributed by atoms with E-state index in [-0.39, 0.29) is 23.7 Å². The van der Waals surface area contributed by atoms with Crippen LogP contribution in [0, 0.1) is 22.7 Å². The summed E-state index contributed by atoms with van der Waals surface area (Å²) in [6, 6.07) is 7.11. The summed E-state index contributed by atoms with van der Waals surface area (Å²) in [4.78, 5) is 35.9. The molecule has 5 rings (SSSR count). The largest absolute Gasteiger partial charge is 0.338 e. The van der Waals surface area contributed by atoms with Crippen molar-refractivity contribution in [1.29, 1.82) is 0 Å². The molecule has 3 heterocycles. The van der Waals surface area contributed by atoms with E-state index in [1.54, 1.807) is 0 Å². The van der Waals surface area contributed by atoms with Crippen molar-refractivity contribution in [3.8, 4) is 0 Å². The predicted molar refractivity (Wildman–Crippen MR) is 113 cm³/mol. The Morgan fingerprint density at radius 3 is 2.55 bits per heavy atom. The summed E-state index contributed by atoms with van der Waals surface area (Å²) in [5.74, 6) is 0.976. The Labute approximate surface area is 172 Å². The first-order valence-electron chi connectivity index (χ1n) is 10.6. The number of piperidine rings is 2. The molecule has 3 fully saturated rings. The van der Waals surface area contributed by atoms with Gasteiger partial charge < -0.3 is 15.2 Å². The lowest BCUT2D eigenvalue weighted by Gasteiger charge is -2.63. The summed E-state index contributed by atoms with van der Waals surface area (Å²) in [6.45, 7) is 13.5. The van der Waals surface area contributed by atoms with Crippen molar-refractivity contribution in [1.82, 2.24) is 20.2 Å². The summed E-state index contributed by atoms with van der Waals surface area (Å²) in [5, 5.41) is 2.98. The second-order valence-corrected chi connectivity index (χ2v) is 10.5. The van der Waals surface area contributed by atoms with Crippen LogP contribution in [-0.4, -0.2) is 45.3 Å². The van der Waals surface area contributed by atoms with Crippen molar-refractivity contribution in [2.24, 2.45) is 22.7 Å². The zero-order valence-electron chi connectivity index (χ0n) is 18.2. The molecule has 0 radical (unpaired) electrons. The van der Waals surface area contributed by atoms with E-state index in [2.05, 4.69) is 36.1 Å². The highest BCUT2D eigenvalue weighted by Gasteiger charge is 2.57. The van der Waals surface area contributed by atoms with E-state index >= 15 is 0 Å². The Morgan fingerprint density at radius 2 is 1.97 bits per heavy atom. The second kappa shape index (κ2) is 6.57. The van der Waals surface area contributed by atoms with Gasteiger partial charge in [-0.05, 0) is 48.1 Å². The Balaban J connectivity index is 1.55. The summed E-state index contributed by atoms with van der Waals surface area (Å²) in [7, 11) is 0. The zero-order chi connectivity index (χ0) is 21.1. The molecule has 2 amide bonds. The number of nitrogens with zero attached hydrogens (tertiary/aromatic N) is 2. The highest BCUT2D eigenvalue weighted by molar-refractivity contribution is 5.97. The lowest BCUT2D eigenvalue weighted by atomic mass is 9.50. The minimum absolute atomic E-state index is 0.0136. The molecule has 2 bridgehead atoms. The van der Waals surface area contributed by atoms with Crippen molar-refractivity contribution in [2.75, 3.05) is 6.54 Å². The molecule has 156 valence electrons. The monoisotopic (exact) mass is 396 g/mol. The van der Waals surface area contributed by atoms with Crippen LogP contribution in [0.1, 0.15) is 58.6 Å². The van der Waals surface area contributed by atoms with Crippen LogP contribution in [0.5, 0.6) is 0 Å². The smallest absolute Gasteiger partial charge is 0.287 e. The molecule has 2 N–H and O–H groups in total. The molecule has 0 spiro atoms. The molecule has 2 aliphatic heterocycles. The SMILES string of the molecule is C[C@@H]1[C@@H]2CC(CN1C(=O)[C@@H](NC(=O)c1nc3ccccc3[nH]1)C(C)(C)C)C2(C)C. The number of hydrogen-bond donors (Lipinski definition) is 2. The topological polar surface area (TPSA) is 78.1 Å². The third kappa shape index (κ3) is 3.22. The number of hydrogen-bond acceptors (Lipinski definition) is 3. The van der Waals surface area contributed by atoms with E-state index in [9.17, 15) is 9.59 Å². The van der Waals surface area contributed by atoms with Crippen molar-refractivity contribution in [2.45, 2.75) is 60.0 Å². The van der Waals surface area contributed by atoms with Gasteiger partial charge in [0.05, 0.1) is 11.0 Å². The summed E-state index contributed by atoms with van der Waals surface area (Å²) < 4.78 is 0. The lowest BCUT2D eigenvalue weighted by Crippen LogP contribution is -2.68. The number of aromatic nitrogens is 2. The molecule has 4 atom stereocenters. The number of H-pyrrole nitrogens is 1. The third-order valence-electron chi connectivity index (χ3n) is 7.31. The maximum absolute atomic E-state index is 13.6. The predicted octanol–water partition coefficient (Wildman–Crippen LogP) is 3.60. The van der Waals surface area contributed by atoms with Gasteiger partial charge in [-0.3, -0.25) is 9.59 Å². The molecule has 6 heteroatoms. The van der Waals surface area contributed by atoms with Crippen LogP contribution in [-0.2, 0) is 4.79 Å². The number of benzene rings is 1. The van der Waals surface area contributed by atoms with Gasteiger partial charge >= 0.3 is 0 Å². The average Bonchev–Trinajstić information content (AvgIpc) is 3.08. The van der Waals surface area contributed by atoms with Gasteiger partial charge in [-0.2, -0.15) is 0 Å². The normalized spacial score (nSPS) is 26.7. The number of nitrogens with one attached hydrogen (secondary N) is 2. The number of para-hydroxylation sites is 2. The highest BCUT2D eigenvalue weighted by Crippen LogP contribution is 2.57. The Bertz CT molecular complexity index is 922. The summed E-state index contributed by atoms with van der Waals surface area (Å²) in [6.07, 6.45) is 1.20. The third-order valence-corrected chi connectivity index (χ3v) is 7.31. The van der Waals surface area contributed by atoms with Crippen molar-refractivity contribution in [3.05, 3.63) is 30.1 Å². The van der Waals surface area contributed by atoms with E-state index in [0.717, 1.165) is 17.6 Å².